The Hall–Kier alpha value is -1.89. The molecule has 1 aromatic rings. The standard InChI is InChI=1S/C14H20N2O4S/c1-2-20-13(18)7-9-15-12(17)6-3-8-16-14(19)11-5-4-10-21-11/h4-5,10H,2-3,6-9H2,1H3,(H,15,17)(H,16,19). The van der Waals surface area contributed by atoms with E-state index in [9.17, 15) is 14.4 Å². The van der Waals surface area contributed by atoms with Gasteiger partial charge in [-0.05, 0) is 24.8 Å². The Morgan fingerprint density at radius 3 is 2.67 bits per heavy atom. The fourth-order valence-corrected chi connectivity index (χ4v) is 2.21. The van der Waals surface area contributed by atoms with E-state index in [4.69, 9.17) is 4.74 Å². The minimum atomic E-state index is -0.319. The van der Waals surface area contributed by atoms with Gasteiger partial charge in [-0.15, -0.1) is 11.3 Å². The lowest BCUT2D eigenvalue weighted by molar-refractivity contribution is -0.143. The molecule has 0 aliphatic heterocycles. The zero-order valence-electron chi connectivity index (χ0n) is 12.0. The fourth-order valence-electron chi connectivity index (χ4n) is 1.57. The second-order valence-corrected chi connectivity index (χ2v) is 5.19. The summed E-state index contributed by atoms with van der Waals surface area (Å²) in [6, 6.07) is 3.57. The van der Waals surface area contributed by atoms with Crippen molar-refractivity contribution >= 4 is 29.1 Å². The number of hydrogen-bond acceptors (Lipinski definition) is 5. The molecule has 0 saturated heterocycles. The molecule has 0 aliphatic rings. The SMILES string of the molecule is CCOC(=O)CCNC(=O)CCCNC(=O)c1cccs1. The number of ether oxygens (including phenoxy) is 1. The second-order valence-electron chi connectivity index (χ2n) is 4.24. The third-order valence-electron chi connectivity index (χ3n) is 2.57. The summed E-state index contributed by atoms with van der Waals surface area (Å²) in [5.74, 6) is -0.571. The van der Waals surface area contributed by atoms with Crippen molar-refractivity contribution in [3.8, 4) is 0 Å². The molecule has 2 amide bonds. The summed E-state index contributed by atoms with van der Waals surface area (Å²) in [5.41, 5.74) is 0. The van der Waals surface area contributed by atoms with Crippen LogP contribution in [0.25, 0.3) is 0 Å². The molecular weight excluding hydrogens is 292 g/mol. The van der Waals surface area contributed by atoms with Crippen LogP contribution >= 0.6 is 11.3 Å². The van der Waals surface area contributed by atoms with E-state index >= 15 is 0 Å². The van der Waals surface area contributed by atoms with E-state index in [1.807, 2.05) is 11.4 Å². The first-order valence-corrected chi connectivity index (χ1v) is 7.75. The van der Waals surface area contributed by atoms with Crippen LogP contribution in [0.2, 0.25) is 0 Å². The van der Waals surface area contributed by atoms with Crippen LogP contribution < -0.4 is 10.6 Å². The molecule has 0 spiro atoms. The van der Waals surface area contributed by atoms with E-state index in [0.717, 1.165) is 0 Å². The highest BCUT2D eigenvalue weighted by molar-refractivity contribution is 7.12. The number of hydrogen-bond donors (Lipinski definition) is 2. The number of nitrogens with one attached hydrogen (secondary N) is 2. The molecule has 21 heavy (non-hydrogen) atoms. The number of esters is 1. The molecule has 6 nitrogen and oxygen atoms in total. The summed E-state index contributed by atoms with van der Waals surface area (Å²) in [5, 5.41) is 7.23. The zero-order chi connectivity index (χ0) is 15.5. The first-order chi connectivity index (χ1) is 10.1. The maximum atomic E-state index is 11.6. The lowest BCUT2D eigenvalue weighted by Crippen LogP contribution is -2.28. The average molecular weight is 312 g/mol. The van der Waals surface area contributed by atoms with Gasteiger partial charge in [0.25, 0.3) is 5.91 Å². The van der Waals surface area contributed by atoms with E-state index in [1.165, 1.54) is 11.3 Å². The van der Waals surface area contributed by atoms with Crippen LogP contribution in [0.1, 0.15) is 35.9 Å². The minimum absolute atomic E-state index is 0.118. The van der Waals surface area contributed by atoms with Crippen LogP contribution in [-0.4, -0.2) is 37.5 Å². The number of thiophene rings is 1. The van der Waals surface area contributed by atoms with Crippen molar-refractivity contribution in [3.05, 3.63) is 22.4 Å². The first-order valence-electron chi connectivity index (χ1n) is 6.87. The molecule has 0 fully saturated rings. The van der Waals surface area contributed by atoms with Gasteiger partial charge >= 0.3 is 5.97 Å². The van der Waals surface area contributed by atoms with Gasteiger partial charge < -0.3 is 15.4 Å². The maximum Gasteiger partial charge on any atom is 0.307 e. The lowest BCUT2D eigenvalue weighted by Gasteiger charge is -2.06. The van der Waals surface area contributed by atoms with Crippen molar-refractivity contribution < 1.29 is 19.1 Å². The van der Waals surface area contributed by atoms with Gasteiger partial charge in [0.1, 0.15) is 0 Å². The summed E-state index contributed by atoms with van der Waals surface area (Å²) in [4.78, 5) is 34.8. The largest absolute Gasteiger partial charge is 0.466 e. The van der Waals surface area contributed by atoms with Crippen molar-refractivity contribution in [2.45, 2.75) is 26.2 Å². The van der Waals surface area contributed by atoms with E-state index < -0.39 is 0 Å². The highest BCUT2D eigenvalue weighted by Crippen LogP contribution is 2.07. The van der Waals surface area contributed by atoms with E-state index in [1.54, 1.807) is 13.0 Å². The number of amides is 2. The zero-order valence-corrected chi connectivity index (χ0v) is 12.8. The Labute approximate surface area is 127 Å². The van der Waals surface area contributed by atoms with Crippen LogP contribution in [0.5, 0.6) is 0 Å². The minimum Gasteiger partial charge on any atom is -0.466 e. The van der Waals surface area contributed by atoms with Crippen LogP contribution in [-0.2, 0) is 14.3 Å². The molecule has 0 aromatic carbocycles. The first kappa shape index (κ1) is 17.2. The van der Waals surface area contributed by atoms with Crippen LogP contribution in [0.4, 0.5) is 0 Å². The molecular formula is C14H20N2O4S. The topological polar surface area (TPSA) is 84.5 Å². The van der Waals surface area contributed by atoms with Gasteiger partial charge in [-0.2, -0.15) is 0 Å². The third kappa shape index (κ3) is 7.45. The van der Waals surface area contributed by atoms with Crippen molar-refractivity contribution in [2.75, 3.05) is 19.7 Å². The normalized spacial score (nSPS) is 9.95. The van der Waals surface area contributed by atoms with Gasteiger partial charge in [-0.25, -0.2) is 0 Å². The molecule has 0 atom stereocenters. The van der Waals surface area contributed by atoms with Gasteiger partial charge in [0.15, 0.2) is 0 Å². The Morgan fingerprint density at radius 2 is 2.00 bits per heavy atom. The van der Waals surface area contributed by atoms with Gasteiger partial charge in [0.2, 0.25) is 5.91 Å². The molecule has 0 radical (unpaired) electrons. The van der Waals surface area contributed by atoms with Crippen molar-refractivity contribution in [1.29, 1.82) is 0 Å². The Bertz CT molecular complexity index is 460. The highest BCUT2D eigenvalue weighted by atomic mass is 32.1. The number of rotatable bonds is 9. The summed E-state index contributed by atoms with van der Waals surface area (Å²) in [6.45, 7) is 2.80. The highest BCUT2D eigenvalue weighted by Gasteiger charge is 2.07. The summed E-state index contributed by atoms with van der Waals surface area (Å²) in [6.07, 6.45) is 1.05. The van der Waals surface area contributed by atoms with E-state index in [0.29, 0.717) is 30.9 Å². The molecule has 7 heteroatoms. The molecule has 1 heterocycles. The van der Waals surface area contributed by atoms with Gasteiger partial charge in [0.05, 0.1) is 17.9 Å². The van der Waals surface area contributed by atoms with Gasteiger partial charge in [-0.1, -0.05) is 6.07 Å². The lowest BCUT2D eigenvalue weighted by atomic mass is 10.3. The van der Waals surface area contributed by atoms with Crippen LogP contribution in [0.15, 0.2) is 17.5 Å². The molecule has 116 valence electrons. The smallest absolute Gasteiger partial charge is 0.307 e. The predicted octanol–water partition coefficient (Wildman–Crippen LogP) is 1.33. The molecule has 1 rings (SSSR count). The van der Waals surface area contributed by atoms with Crippen molar-refractivity contribution in [3.63, 3.8) is 0 Å². The predicted molar refractivity (Wildman–Crippen MR) is 80.1 cm³/mol. The van der Waals surface area contributed by atoms with Crippen LogP contribution in [0, 0.1) is 0 Å². The molecule has 0 bridgehead atoms. The van der Waals surface area contributed by atoms with Gasteiger partial charge in [-0.3, -0.25) is 14.4 Å². The van der Waals surface area contributed by atoms with Gasteiger partial charge in [0, 0.05) is 19.5 Å². The Kier molecular flexibility index (Phi) is 8.11. The van der Waals surface area contributed by atoms with E-state index in [2.05, 4.69) is 10.6 Å². The summed E-state index contributed by atoms with van der Waals surface area (Å²) >= 11 is 1.38. The average Bonchev–Trinajstić information content (AvgIpc) is 2.98. The molecule has 1 aromatic heterocycles. The second kappa shape index (κ2) is 9.93. The number of carbonyl (C=O) groups is 3. The summed E-state index contributed by atoms with van der Waals surface area (Å²) < 4.78 is 4.75. The molecule has 2 N–H and O–H groups in total. The monoisotopic (exact) mass is 312 g/mol. The summed E-state index contributed by atoms with van der Waals surface area (Å²) in [7, 11) is 0. The Morgan fingerprint density at radius 1 is 1.19 bits per heavy atom. The Balaban J connectivity index is 2.03. The van der Waals surface area contributed by atoms with Crippen molar-refractivity contribution in [1.82, 2.24) is 10.6 Å². The molecule has 0 unspecified atom stereocenters. The van der Waals surface area contributed by atoms with E-state index in [-0.39, 0.29) is 30.7 Å². The van der Waals surface area contributed by atoms with Crippen LogP contribution in [0.3, 0.4) is 0 Å². The number of carbonyl (C=O) groups excluding carboxylic acids is 3. The maximum absolute atomic E-state index is 11.6. The quantitative estimate of drug-likeness (QED) is 0.532. The third-order valence-corrected chi connectivity index (χ3v) is 3.44. The molecule has 0 aliphatic carbocycles. The van der Waals surface area contributed by atoms with Crippen molar-refractivity contribution in [2.24, 2.45) is 0 Å². The fraction of sp³-hybridized carbons (Fsp3) is 0.500. The molecule has 0 saturated carbocycles.